The Morgan fingerprint density at radius 3 is 2.17 bits per heavy atom. The van der Waals surface area contributed by atoms with Crippen LogP contribution in [-0.4, -0.2) is 28.9 Å². The number of amides is 2. The second kappa shape index (κ2) is 13.4. The molecule has 6 heteroatoms. The van der Waals surface area contributed by atoms with Crippen LogP contribution < -0.4 is 10.6 Å². The third-order valence-electron chi connectivity index (χ3n) is 5.65. The van der Waals surface area contributed by atoms with E-state index in [9.17, 15) is 9.59 Å². The molecule has 1 aromatic carbocycles. The van der Waals surface area contributed by atoms with Gasteiger partial charge in [-0.25, -0.2) is 4.79 Å². The first kappa shape index (κ1) is 29.2. The first-order valence-corrected chi connectivity index (χ1v) is 13.5. The monoisotopic (exact) mass is 508 g/mol. The van der Waals surface area contributed by atoms with E-state index in [1.54, 1.807) is 44.7 Å². The van der Waals surface area contributed by atoms with Crippen LogP contribution in [0.1, 0.15) is 60.3 Å². The number of carbonyl (C=O) groups is 2. The van der Waals surface area contributed by atoms with Crippen LogP contribution in [-0.2, 0) is 9.53 Å². The highest BCUT2D eigenvalue weighted by Gasteiger charge is 2.46. The van der Waals surface area contributed by atoms with Gasteiger partial charge in [-0.2, -0.15) is 0 Å². The molecule has 0 fully saturated rings. The number of rotatable bonds is 8. The van der Waals surface area contributed by atoms with Gasteiger partial charge in [-0.15, -0.1) is 11.8 Å². The Kier molecular flexibility index (Phi) is 10.8. The minimum absolute atomic E-state index is 0.299. The molecule has 2 aliphatic carbocycles. The molecule has 0 unspecified atom stereocenters. The number of alkyl carbamates (subject to hydrolysis) is 1. The normalized spacial score (nSPS) is 16.3. The number of carbonyl (C=O) groups excluding carboxylic acids is 2. The van der Waals surface area contributed by atoms with Gasteiger partial charge in [0.05, 0.1) is 0 Å². The van der Waals surface area contributed by atoms with E-state index in [-0.39, 0.29) is 5.91 Å². The summed E-state index contributed by atoms with van der Waals surface area (Å²) in [5.74, 6) is 0.623. The van der Waals surface area contributed by atoms with Gasteiger partial charge in [0.2, 0.25) is 0 Å². The van der Waals surface area contributed by atoms with Crippen LogP contribution in [0.4, 0.5) is 10.5 Å². The summed E-state index contributed by atoms with van der Waals surface area (Å²) in [6.07, 6.45) is 12.3. The van der Waals surface area contributed by atoms with E-state index in [0.29, 0.717) is 18.5 Å². The van der Waals surface area contributed by atoms with E-state index >= 15 is 0 Å². The van der Waals surface area contributed by atoms with Crippen molar-refractivity contribution in [3.63, 3.8) is 0 Å². The fraction of sp³-hybridized carbons (Fsp3) is 0.400. The van der Waals surface area contributed by atoms with Crippen molar-refractivity contribution in [3.8, 4) is 0 Å². The Morgan fingerprint density at radius 2 is 1.67 bits per heavy atom. The van der Waals surface area contributed by atoms with Gasteiger partial charge in [-0.1, -0.05) is 57.4 Å². The molecule has 36 heavy (non-hydrogen) atoms. The quantitative estimate of drug-likeness (QED) is 0.352. The molecule has 0 bridgehead atoms. The average Bonchev–Trinajstić information content (AvgIpc) is 3.23. The summed E-state index contributed by atoms with van der Waals surface area (Å²) in [6.45, 7) is 17.1. The Balaban J connectivity index is 0.00000222. The van der Waals surface area contributed by atoms with Gasteiger partial charge >= 0.3 is 6.09 Å². The summed E-state index contributed by atoms with van der Waals surface area (Å²) < 4.78 is 5.44. The maximum Gasteiger partial charge on any atom is 0.408 e. The van der Waals surface area contributed by atoms with E-state index in [4.69, 9.17) is 4.74 Å². The fourth-order valence-electron chi connectivity index (χ4n) is 3.98. The van der Waals surface area contributed by atoms with Crippen LogP contribution in [0.5, 0.6) is 0 Å². The second-order valence-corrected chi connectivity index (χ2v) is 10.6. The predicted molar refractivity (Wildman–Crippen MR) is 152 cm³/mol. The molecule has 1 aromatic rings. The molecule has 0 saturated carbocycles. The van der Waals surface area contributed by atoms with Crippen molar-refractivity contribution in [2.45, 2.75) is 76.3 Å². The van der Waals surface area contributed by atoms with E-state index in [1.807, 2.05) is 38.1 Å². The standard InChI is InChI=1S/C28H34N2O3S.C2H6/c1-6-21-17-28(18-22(21)7-2,30-26(32)33-27(3,4)5)25(31)29-23-13-15-24(16-14-23)34-19-20-11-9-8-10-12-20;1-2/h6-7,9,11-16H,1-2,8,10,17-19H2,3-5H3,(H,29,31)(H,30,32);1-2H3. The molecule has 2 aliphatic rings. The summed E-state index contributed by atoms with van der Waals surface area (Å²) in [6, 6.07) is 7.77. The maximum atomic E-state index is 13.5. The van der Waals surface area contributed by atoms with Crippen molar-refractivity contribution in [2.75, 3.05) is 11.1 Å². The molecule has 3 rings (SSSR count). The van der Waals surface area contributed by atoms with Gasteiger partial charge in [-0.3, -0.25) is 4.79 Å². The van der Waals surface area contributed by atoms with Crippen molar-refractivity contribution in [1.29, 1.82) is 0 Å². The number of benzene rings is 1. The topological polar surface area (TPSA) is 67.4 Å². The Labute approximate surface area is 220 Å². The molecule has 5 nitrogen and oxygen atoms in total. The first-order valence-electron chi connectivity index (χ1n) is 12.5. The Bertz CT molecular complexity index is 1020. The van der Waals surface area contributed by atoms with Crippen LogP contribution >= 0.6 is 11.8 Å². The van der Waals surface area contributed by atoms with Crippen molar-refractivity contribution >= 4 is 29.4 Å². The molecular formula is C30H40N2O3S. The summed E-state index contributed by atoms with van der Waals surface area (Å²) in [5, 5.41) is 5.82. The number of hydrogen-bond acceptors (Lipinski definition) is 4. The molecule has 194 valence electrons. The zero-order valence-corrected chi connectivity index (χ0v) is 23.1. The fourth-order valence-corrected chi connectivity index (χ4v) is 4.85. The van der Waals surface area contributed by atoms with E-state index in [1.165, 1.54) is 5.57 Å². The Morgan fingerprint density at radius 1 is 1.06 bits per heavy atom. The number of anilines is 1. The maximum absolute atomic E-state index is 13.5. The molecule has 0 aromatic heterocycles. The summed E-state index contributed by atoms with van der Waals surface area (Å²) in [5.41, 5.74) is 1.94. The molecule has 2 amide bonds. The lowest BCUT2D eigenvalue weighted by Gasteiger charge is -2.31. The van der Waals surface area contributed by atoms with Gasteiger partial charge in [0.15, 0.2) is 0 Å². The van der Waals surface area contributed by atoms with Crippen LogP contribution in [0.15, 0.2) is 89.4 Å². The van der Waals surface area contributed by atoms with E-state index in [2.05, 4.69) is 42.0 Å². The third kappa shape index (κ3) is 8.30. The van der Waals surface area contributed by atoms with Crippen LogP contribution in [0.2, 0.25) is 0 Å². The van der Waals surface area contributed by atoms with Crippen molar-refractivity contribution < 1.29 is 14.3 Å². The zero-order chi connectivity index (χ0) is 26.8. The lowest BCUT2D eigenvalue weighted by Crippen LogP contribution is -2.56. The molecule has 0 radical (unpaired) electrons. The lowest BCUT2D eigenvalue weighted by molar-refractivity contribution is -0.122. The lowest BCUT2D eigenvalue weighted by atomic mass is 9.92. The first-order chi connectivity index (χ1) is 17.1. The number of nitrogens with one attached hydrogen (secondary N) is 2. The van der Waals surface area contributed by atoms with Gasteiger partial charge in [-0.05, 0) is 74.6 Å². The molecule has 0 heterocycles. The average molecular weight is 509 g/mol. The SMILES string of the molecule is C=CC1=C(C=C)CC(NC(=O)OC(C)(C)C)(C(=O)Nc2ccc(SCC3=CCCC=C3)cc2)C1.CC. The highest BCUT2D eigenvalue weighted by atomic mass is 32.2. The predicted octanol–water partition coefficient (Wildman–Crippen LogP) is 7.75. The molecule has 0 aliphatic heterocycles. The number of hydrogen-bond donors (Lipinski definition) is 2. The van der Waals surface area contributed by atoms with Crippen molar-refractivity contribution in [3.05, 3.63) is 84.5 Å². The molecule has 0 atom stereocenters. The van der Waals surface area contributed by atoms with Gasteiger partial charge < -0.3 is 15.4 Å². The number of allylic oxidation sites excluding steroid dienone is 5. The number of thioether (sulfide) groups is 1. The minimum Gasteiger partial charge on any atom is -0.444 e. The minimum atomic E-state index is -1.18. The summed E-state index contributed by atoms with van der Waals surface area (Å²) >= 11 is 1.76. The summed E-state index contributed by atoms with van der Waals surface area (Å²) in [4.78, 5) is 27.2. The van der Waals surface area contributed by atoms with E-state index < -0.39 is 17.2 Å². The third-order valence-corrected chi connectivity index (χ3v) is 6.74. The molecule has 2 N–H and O–H groups in total. The zero-order valence-electron chi connectivity index (χ0n) is 22.3. The summed E-state index contributed by atoms with van der Waals surface area (Å²) in [7, 11) is 0. The smallest absolute Gasteiger partial charge is 0.408 e. The van der Waals surface area contributed by atoms with Crippen molar-refractivity contribution in [2.24, 2.45) is 0 Å². The molecule has 0 saturated heterocycles. The van der Waals surface area contributed by atoms with Crippen LogP contribution in [0, 0.1) is 0 Å². The number of ether oxygens (including phenoxy) is 1. The van der Waals surface area contributed by atoms with Gasteiger partial charge in [0, 0.05) is 29.2 Å². The molecule has 0 spiro atoms. The highest BCUT2D eigenvalue weighted by Crippen LogP contribution is 2.37. The van der Waals surface area contributed by atoms with Crippen LogP contribution in [0.3, 0.4) is 0 Å². The van der Waals surface area contributed by atoms with Crippen molar-refractivity contribution in [1.82, 2.24) is 5.32 Å². The largest absolute Gasteiger partial charge is 0.444 e. The molecular weight excluding hydrogens is 468 g/mol. The van der Waals surface area contributed by atoms with Crippen LogP contribution in [0.25, 0.3) is 0 Å². The highest BCUT2D eigenvalue weighted by molar-refractivity contribution is 7.99. The second-order valence-electron chi connectivity index (χ2n) is 9.55. The Hall–Kier alpha value is -2.99. The van der Waals surface area contributed by atoms with Gasteiger partial charge in [0.1, 0.15) is 11.1 Å². The van der Waals surface area contributed by atoms with E-state index in [0.717, 1.165) is 34.6 Å². The van der Waals surface area contributed by atoms with Gasteiger partial charge in [0.25, 0.3) is 5.91 Å².